The molecule has 1 fully saturated rings. The van der Waals surface area contributed by atoms with E-state index in [1.54, 1.807) is 27.8 Å². The molecule has 0 saturated carbocycles. The summed E-state index contributed by atoms with van der Waals surface area (Å²) in [7, 11) is 0. The molecular formula is C14H20N6O2. The third-order valence-corrected chi connectivity index (χ3v) is 3.54. The molecule has 118 valence electrons. The van der Waals surface area contributed by atoms with Crippen LogP contribution in [0.15, 0.2) is 30.7 Å². The maximum absolute atomic E-state index is 12.0. The molecule has 8 nitrogen and oxygen atoms in total. The van der Waals surface area contributed by atoms with Crippen molar-refractivity contribution in [2.45, 2.75) is 6.67 Å². The van der Waals surface area contributed by atoms with Crippen molar-refractivity contribution in [2.75, 3.05) is 39.4 Å². The first kappa shape index (κ1) is 14.7. The summed E-state index contributed by atoms with van der Waals surface area (Å²) in [5.74, 6) is -0.146. The number of nitrogens with one attached hydrogen (secondary N) is 1. The van der Waals surface area contributed by atoms with Gasteiger partial charge in [-0.3, -0.25) is 19.1 Å². The van der Waals surface area contributed by atoms with Gasteiger partial charge in [0.1, 0.15) is 12.4 Å². The second-order valence-corrected chi connectivity index (χ2v) is 5.14. The quantitative estimate of drug-likeness (QED) is 0.789. The van der Waals surface area contributed by atoms with Crippen molar-refractivity contribution in [1.82, 2.24) is 29.8 Å². The Balaban J connectivity index is 1.44. The second kappa shape index (κ2) is 7.19. The van der Waals surface area contributed by atoms with Crippen molar-refractivity contribution < 1.29 is 9.53 Å². The summed E-state index contributed by atoms with van der Waals surface area (Å²) in [6.45, 7) is 5.34. The van der Waals surface area contributed by atoms with Crippen molar-refractivity contribution in [1.29, 1.82) is 0 Å². The van der Waals surface area contributed by atoms with Crippen LogP contribution < -0.4 is 5.32 Å². The fraction of sp³-hybridized carbons (Fsp3) is 0.500. The summed E-state index contributed by atoms with van der Waals surface area (Å²) in [5.41, 5.74) is 0.425. The van der Waals surface area contributed by atoms with E-state index >= 15 is 0 Å². The fourth-order valence-electron chi connectivity index (χ4n) is 2.34. The highest BCUT2D eigenvalue weighted by Gasteiger charge is 2.12. The lowest BCUT2D eigenvalue weighted by Crippen LogP contribution is -2.41. The first-order valence-corrected chi connectivity index (χ1v) is 7.40. The number of hydrogen-bond acceptors (Lipinski definition) is 5. The van der Waals surface area contributed by atoms with Crippen LogP contribution >= 0.6 is 0 Å². The summed E-state index contributed by atoms with van der Waals surface area (Å²) in [6, 6.07) is 3.57. The van der Waals surface area contributed by atoms with Gasteiger partial charge >= 0.3 is 0 Å². The van der Waals surface area contributed by atoms with Gasteiger partial charge in [0.2, 0.25) is 0 Å². The molecular weight excluding hydrogens is 284 g/mol. The van der Waals surface area contributed by atoms with E-state index in [0.717, 1.165) is 32.8 Å². The van der Waals surface area contributed by atoms with Gasteiger partial charge in [0, 0.05) is 44.8 Å². The Bertz CT molecular complexity index is 588. The lowest BCUT2D eigenvalue weighted by atomic mass is 10.4. The van der Waals surface area contributed by atoms with Crippen LogP contribution in [-0.2, 0) is 11.4 Å². The fourth-order valence-corrected chi connectivity index (χ4v) is 2.34. The number of ether oxygens (including phenoxy) is 1. The van der Waals surface area contributed by atoms with Gasteiger partial charge in [-0.05, 0) is 12.1 Å². The lowest BCUT2D eigenvalue weighted by Gasteiger charge is -2.26. The Kier molecular flexibility index (Phi) is 4.81. The molecule has 1 aliphatic rings. The molecule has 1 amide bonds. The highest BCUT2D eigenvalue weighted by Crippen LogP contribution is 1.98. The number of morpholine rings is 1. The van der Waals surface area contributed by atoms with Gasteiger partial charge < -0.3 is 10.1 Å². The maximum atomic E-state index is 12.0. The number of nitrogens with zero attached hydrogens (tertiary/aromatic N) is 5. The van der Waals surface area contributed by atoms with Crippen molar-refractivity contribution in [2.24, 2.45) is 0 Å². The van der Waals surface area contributed by atoms with Crippen LogP contribution in [0.4, 0.5) is 0 Å². The van der Waals surface area contributed by atoms with Crippen molar-refractivity contribution >= 4 is 5.91 Å². The monoisotopic (exact) mass is 304 g/mol. The third-order valence-electron chi connectivity index (χ3n) is 3.54. The van der Waals surface area contributed by atoms with Gasteiger partial charge in [0.05, 0.1) is 13.2 Å². The predicted octanol–water partition coefficient (Wildman–Crippen LogP) is -0.353. The Morgan fingerprint density at radius 1 is 1.27 bits per heavy atom. The SMILES string of the molecule is O=C(NCCN1CCOCC1)c1ccn(Cn2cccn2)n1. The van der Waals surface area contributed by atoms with E-state index in [4.69, 9.17) is 4.74 Å². The smallest absolute Gasteiger partial charge is 0.271 e. The Labute approximate surface area is 128 Å². The summed E-state index contributed by atoms with van der Waals surface area (Å²) >= 11 is 0. The topological polar surface area (TPSA) is 77.2 Å². The van der Waals surface area contributed by atoms with Gasteiger partial charge in [-0.1, -0.05) is 0 Å². The lowest BCUT2D eigenvalue weighted by molar-refractivity contribution is 0.0383. The molecule has 0 unspecified atom stereocenters. The molecule has 0 atom stereocenters. The molecule has 2 aromatic rings. The molecule has 3 rings (SSSR count). The zero-order chi connectivity index (χ0) is 15.2. The van der Waals surface area contributed by atoms with Crippen LogP contribution in [0.1, 0.15) is 10.5 Å². The van der Waals surface area contributed by atoms with Gasteiger partial charge in [-0.2, -0.15) is 10.2 Å². The number of hydrogen-bond donors (Lipinski definition) is 1. The van der Waals surface area contributed by atoms with Crippen LogP contribution in [0.5, 0.6) is 0 Å². The summed E-state index contributed by atoms with van der Waals surface area (Å²) in [6.07, 6.45) is 5.34. The van der Waals surface area contributed by atoms with E-state index in [1.807, 2.05) is 12.3 Å². The second-order valence-electron chi connectivity index (χ2n) is 5.14. The average Bonchev–Trinajstić information content (AvgIpc) is 3.21. The molecule has 0 aliphatic carbocycles. The van der Waals surface area contributed by atoms with Gasteiger partial charge in [-0.15, -0.1) is 0 Å². The molecule has 1 saturated heterocycles. The van der Waals surface area contributed by atoms with Crippen LogP contribution in [0.25, 0.3) is 0 Å². The number of carbonyl (C=O) groups is 1. The molecule has 1 aliphatic heterocycles. The average molecular weight is 304 g/mol. The normalized spacial score (nSPS) is 15.8. The van der Waals surface area contributed by atoms with E-state index in [0.29, 0.717) is 18.9 Å². The van der Waals surface area contributed by atoms with E-state index in [-0.39, 0.29) is 5.91 Å². The Hall–Kier alpha value is -2.19. The molecule has 0 bridgehead atoms. The van der Waals surface area contributed by atoms with Gasteiger partial charge in [0.15, 0.2) is 0 Å². The standard InChI is InChI=1S/C14H20N6O2/c21-14(15-4-7-18-8-10-22-11-9-18)13-2-6-20(17-13)12-19-5-1-3-16-19/h1-3,5-6H,4,7-12H2,(H,15,21). The van der Waals surface area contributed by atoms with E-state index in [2.05, 4.69) is 20.4 Å². The molecule has 8 heteroatoms. The number of aromatic nitrogens is 4. The minimum Gasteiger partial charge on any atom is -0.379 e. The predicted molar refractivity (Wildman–Crippen MR) is 79.4 cm³/mol. The maximum Gasteiger partial charge on any atom is 0.271 e. The molecule has 22 heavy (non-hydrogen) atoms. The molecule has 0 spiro atoms. The van der Waals surface area contributed by atoms with Crippen LogP contribution in [0.3, 0.4) is 0 Å². The zero-order valence-electron chi connectivity index (χ0n) is 12.4. The summed E-state index contributed by atoms with van der Waals surface area (Å²) in [5, 5.41) is 11.3. The van der Waals surface area contributed by atoms with E-state index < -0.39 is 0 Å². The molecule has 3 heterocycles. The van der Waals surface area contributed by atoms with Gasteiger partial charge in [-0.25, -0.2) is 0 Å². The minimum atomic E-state index is -0.146. The molecule has 0 radical (unpaired) electrons. The summed E-state index contributed by atoms with van der Waals surface area (Å²) < 4.78 is 8.72. The van der Waals surface area contributed by atoms with Gasteiger partial charge in [0.25, 0.3) is 5.91 Å². The first-order valence-electron chi connectivity index (χ1n) is 7.40. The number of carbonyl (C=O) groups excluding carboxylic acids is 1. The minimum absolute atomic E-state index is 0.146. The number of rotatable bonds is 6. The Morgan fingerprint density at radius 2 is 2.14 bits per heavy atom. The van der Waals surface area contributed by atoms with Crippen molar-refractivity contribution in [3.05, 3.63) is 36.4 Å². The van der Waals surface area contributed by atoms with Crippen LogP contribution in [0.2, 0.25) is 0 Å². The van der Waals surface area contributed by atoms with E-state index in [9.17, 15) is 4.79 Å². The highest BCUT2D eigenvalue weighted by atomic mass is 16.5. The van der Waals surface area contributed by atoms with Crippen LogP contribution in [0, 0.1) is 0 Å². The summed E-state index contributed by atoms with van der Waals surface area (Å²) in [4.78, 5) is 14.3. The number of amides is 1. The Morgan fingerprint density at radius 3 is 2.91 bits per heavy atom. The molecule has 2 aromatic heterocycles. The third kappa shape index (κ3) is 3.92. The first-order chi connectivity index (χ1) is 10.8. The largest absolute Gasteiger partial charge is 0.379 e. The highest BCUT2D eigenvalue weighted by molar-refractivity contribution is 5.92. The molecule has 1 N–H and O–H groups in total. The zero-order valence-corrected chi connectivity index (χ0v) is 12.4. The van der Waals surface area contributed by atoms with Crippen LogP contribution in [-0.4, -0.2) is 69.8 Å². The van der Waals surface area contributed by atoms with Crippen molar-refractivity contribution in [3.8, 4) is 0 Å². The molecule has 0 aromatic carbocycles. The van der Waals surface area contributed by atoms with E-state index in [1.165, 1.54) is 0 Å². The van der Waals surface area contributed by atoms with Crippen molar-refractivity contribution in [3.63, 3.8) is 0 Å².